The van der Waals surface area contributed by atoms with Gasteiger partial charge in [-0.1, -0.05) is 63.6 Å². The third kappa shape index (κ3) is 10.4. The Morgan fingerprint density at radius 3 is 2.08 bits per heavy atom. The predicted molar refractivity (Wildman–Crippen MR) is 101 cm³/mol. The van der Waals surface area contributed by atoms with Gasteiger partial charge in [0.15, 0.2) is 0 Å². The smallest absolute Gasteiger partial charge is 0.316 e. The highest BCUT2D eigenvalue weighted by molar-refractivity contribution is 5.72. The van der Waals surface area contributed by atoms with E-state index in [9.17, 15) is 4.79 Å². The number of carbonyl (C=O) groups is 1. The molecule has 0 unspecified atom stereocenters. The lowest BCUT2D eigenvalue weighted by molar-refractivity contribution is -0.890. The summed E-state index contributed by atoms with van der Waals surface area (Å²) >= 11 is 0. The zero-order valence-corrected chi connectivity index (χ0v) is 15.9. The van der Waals surface area contributed by atoms with Crippen LogP contribution in [0.1, 0.15) is 64.7 Å². The van der Waals surface area contributed by atoms with Gasteiger partial charge in [-0.2, -0.15) is 0 Å². The fourth-order valence-corrected chi connectivity index (χ4v) is 2.85. The zero-order valence-electron chi connectivity index (χ0n) is 15.9. The number of unbranched alkanes of at least 4 members (excludes halogenated alkanes) is 7. The van der Waals surface area contributed by atoms with E-state index >= 15 is 0 Å². The SMILES string of the molecule is CCCCCCCCCC[N+](C)(C)CCC(=O)Oc1ccccc1. The third-order valence-electron chi connectivity index (χ3n) is 4.51. The van der Waals surface area contributed by atoms with E-state index < -0.39 is 0 Å². The topological polar surface area (TPSA) is 26.3 Å². The van der Waals surface area contributed by atoms with Crippen molar-refractivity contribution in [3.8, 4) is 5.75 Å². The van der Waals surface area contributed by atoms with Crippen LogP contribution in [0.3, 0.4) is 0 Å². The molecule has 24 heavy (non-hydrogen) atoms. The van der Waals surface area contributed by atoms with Gasteiger partial charge in [0, 0.05) is 0 Å². The molecule has 0 atom stereocenters. The predicted octanol–water partition coefficient (Wildman–Crippen LogP) is 5.20. The molecule has 0 aliphatic rings. The average Bonchev–Trinajstić information content (AvgIpc) is 2.56. The summed E-state index contributed by atoms with van der Waals surface area (Å²) in [6, 6.07) is 9.31. The van der Waals surface area contributed by atoms with Crippen molar-refractivity contribution in [2.75, 3.05) is 27.2 Å². The molecule has 0 spiro atoms. The summed E-state index contributed by atoms with van der Waals surface area (Å²) in [7, 11) is 4.41. The molecule has 3 heteroatoms. The molecule has 136 valence electrons. The van der Waals surface area contributed by atoms with Crippen molar-refractivity contribution in [2.45, 2.75) is 64.7 Å². The molecule has 0 heterocycles. The summed E-state index contributed by atoms with van der Waals surface area (Å²) in [6.45, 7) is 4.23. The van der Waals surface area contributed by atoms with E-state index in [0.29, 0.717) is 12.2 Å². The van der Waals surface area contributed by atoms with Gasteiger partial charge in [0.1, 0.15) is 5.75 Å². The molecule has 1 aromatic carbocycles. The standard InChI is InChI=1S/C21H36NO2/c1-4-5-6-7-8-9-10-14-18-22(2,3)19-17-21(23)24-20-15-12-11-13-16-20/h11-13,15-16H,4-10,14,17-19H2,1-3H3/q+1. The van der Waals surface area contributed by atoms with Crippen LogP contribution in [0.2, 0.25) is 0 Å². The molecule has 1 aromatic rings. The maximum atomic E-state index is 11.9. The Labute approximate surface area is 148 Å². The Hall–Kier alpha value is -1.35. The molecule has 1 rings (SSSR count). The minimum Gasteiger partial charge on any atom is -0.426 e. The number of esters is 1. The van der Waals surface area contributed by atoms with Crippen molar-refractivity contribution in [1.82, 2.24) is 0 Å². The van der Waals surface area contributed by atoms with Gasteiger partial charge in [0.05, 0.1) is 33.6 Å². The van der Waals surface area contributed by atoms with Crippen LogP contribution >= 0.6 is 0 Å². The number of quaternary nitrogens is 1. The minimum absolute atomic E-state index is 0.136. The number of ether oxygens (including phenoxy) is 1. The third-order valence-corrected chi connectivity index (χ3v) is 4.51. The summed E-state index contributed by atoms with van der Waals surface area (Å²) in [5.74, 6) is 0.499. The largest absolute Gasteiger partial charge is 0.426 e. The van der Waals surface area contributed by atoms with E-state index in [1.54, 1.807) is 0 Å². The lowest BCUT2D eigenvalue weighted by Gasteiger charge is -2.29. The first kappa shape index (κ1) is 20.7. The minimum atomic E-state index is -0.136. The average molecular weight is 335 g/mol. The van der Waals surface area contributed by atoms with Crippen molar-refractivity contribution in [3.63, 3.8) is 0 Å². The summed E-state index contributed by atoms with van der Waals surface area (Å²) < 4.78 is 6.24. The number of nitrogens with zero attached hydrogens (tertiary/aromatic N) is 1. The number of rotatable bonds is 13. The highest BCUT2D eigenvalue weighted by Crippen LogP contribution is 2.12. The van der Waals surface area contributed by atoms with Crippen LogP contribution in [-0.4, -0.2) is 37.6 Å². The van der Waals surface area contributed by atoms with Gasteiger partial charge in [-0.05, 0) is 25.0 Å². The molecule has 0 aliphatic heterocycles. The molecule has 0 amide bonds. The van der Waals surface area contributed by atoms with Gasteiger partial charge in [-0.15, -0.1) is 0 Å². The summed E-state index contributed by atoms with van der Waals surface area (Å²) in [6.07, 6.45) is 11.2. The van der Waals surface area contributed by atoms with E-state index in [1.807, 2.05) is 30.3 Å². The molecule has 0 aromatic heterocycles. The van der Waals surface area contributed by atoms with Crippen LogP contribution in [0.5, 0.6) is 5.75 Å². The fraction of sp³-hybridized carbons (Fsp3) is 0.667. The van der Waals surface area contributed by atoms with E-state index in [-0.39, 0.29) is 5.97 Å². The van der Waals surface area contributed by atoms with Gasteiger partial charge in [0.25, 0.3) is 0 Å². The first-order valence-corrected chi connectivity index (χ1v) is 9.61. The Morgan fingerprint density at radius 1 is 0.875 bits per heavy atom. The molecule has 0 radical (unpaired) electrons. The molecule has 0 saturated carbocycles. The second-order valence-corrected chi connectivity index (χ2v) is 7.39. The highest BCUT2D eigenvalue weighted by Gasteiger charge is 2.17. The molecule has 0 fully saturated rings. The first-order chi connectivity index (χ1) is 11.5. The van der Waals surface area contributed by atoms with Crippen molar-refractivity contribution in [1.29, 1.82) is 0 Å². The van der Waals surface area contributed by atoms with Crippen LogP contribution in [0.4, 0.5) is 0 Å². The van der Waals surface area contributed by atoms with E-state index in [2.05, 4.69) is 21.0 Å². The van der Waals surface area contributed by atoms with Gasteiger partial charge in [-0.3, -0.25) is 4.79 Å². The van der Waals surface area contributed by atoms with Crippen molar-refractivity contribution < 1.29 is 14.0 Å². The second-order valence-electron chi connectivity index (χ2n) is 7.39. The fourth-order valence-electron chi connectivity index (χ4n) is 2.85. The van der Waals surface area contributed by atoms with Gasteiger partial charge in [0.2, 0.25) is 0 Å². The molecular formula is C21H36NO2+. The van der Waals surface area contributed by atoms with Crippen LogP contribution in [-0.2, 0) is 4.79 Å². The second kappa shape index (κ2) is 12.1. The zero-order chi connectivity index (χ0) is 17.7. The van der Waals surface area contributed by atoms with E-state index in [4.69, 9.17) is 4.74 Å². The van der Waals surface area contributed by atoms with Gasteiger partial charge >= 0.3 is 5.97 Å². The molecule has 0 N–H and O–H groups in total. The number of hydrogen-bond donors (Lipinski definition) is 0. The Morgan fingerprint density at radius 2 is 1.46 bits per heavy atom. The van der Waals surface area contributed by atoms with E-state index in [0.717, 1.165) is 17.6 Å². The Bertz CT molecular complexity index is 442. The number of benzene rings is 1. The molecular weight excluding hydrogens is 298 g/mol. The molecule has 3 nitrogen and oxygen atoms in total. The summed E-state index contributed by atoms with van der Waals surface area (Å²) in [5.41, 5.74) is 0. The number of para-hydroxylation sites is 1. The monoisotopic (exact) mass is 334 g/mol. The number of hydrogen-bond acceptors (Lipinski definition) is 2. The van der Waals surface area contributed by atoms with Gasteiger partial charge in [-0.25, -0.2) is 0 Å². The van der Waals surface area contributed by atoms with Gasteiger partial charge < -0.3 is 9.22 Å². The van der Waals surface area contributed by atoms with Crippen LogP contribution in [0, 0.1) is 0 Å². The maximum Gasteiger partial charge on any atom is 0.316 e. The van der Waals surface area contributed by atoms with Crippen LogP contribution < -0.4 is 4.74 Å². The van der Waals surface area contributed by atoms with Crippen LogP contribution in [0.25, 0.3) is 0 Å². The maximum absolute atomic E-state index is 11.9. The van der Waals surface area contributed by atoms with Crippen molar-refractivity contribution >= 4 is 5.97 Å². The van der Waals surface area contributed by atoms with Crippen LogP contribution in [0.15, 0.2) is 30.3 Å². The molecule has 0 aliphatic carbocycles. The Kier molecular flexibility index (Phi) is 10.4. The lowest BCUT2D eigenvalue weighted by Crippen LogP contribution is -2.42. The quantitative estimate of drug-likeness (QED) is 0.214. The van der Waals surface area contributed by atoms with Crippen molar-refractivity contribution in [3.05, 3.63) is 30.3 Å². The summed E-state index contributed by atoms with van der Waals surface area (Å²) in [5, 5.41) is 0. The first-order valence-electron chi connectivity index (χ1n) is 9.61. The highest BCUT2D eigenvalue weighted by atomic mass is 16.5. The normalized spacial score (nSPS) is 11.5. The summed E-state index contributed by atoms with van der Waals surface area (Å²) in [4.78, 5) is 11.9. The lowest BCUT2D eigenvalue weighted by atomic mass is 10.1. The number of carbonyl (C=O) groups excluding carboxylic acids is 1. The molecule has 0 bridgehead atoms. The Balaban J connectivity index is 2.09. The molecule has 0 saturated heterocycles. The van der Waals surface area contributed by atoms with Crippen molar-refractivity contribution in [2.24, 2.45) is 0 Å². The van der Waals surface area contributed by atoms with E-state index in [1.165, 1.54) is 51.4 Å².